The molecule has 1 aliphatic carbocycles. The minimum absolute atomic E-state index is 0.114. The molecule has 0 amide bonds. The van der Waals surface area contributed by atoms with E-state index in [4.69, 9.17) is 9.73 Å². The van der Waals surface area contributed by atoms with Crippen LogP contribution in [0.25, 0.3) is 0 Å². The molecule has 2 aliphatic rings. The van der Waals surface area contributed by atoms with Crippen LogP contribution < -0.4 is 0 Å². The Morgan fingerprint density at radius 2 is 1.07 bits per heavy atom. The molecule has 0 bridgehead atoms. The van der Waals surface area contributed by atoms with E-state index in [9.17, 15) is 0 Å². The Bertz CT molecular complexity index is 1200. The topological polar surface area (TPSA) is 21.6 Å². The van der Waals surface area contributed by atoms with Gasteiger partial charge in [0.2, 0.25) is 5.90 Å². The predicted octanol–water partition coefficient (Wildman–Crippen LogP) is 6.05. The summed E-state index contributed by atoms with van der Waals surface area (Å²) >= 11 is 0. The molecule has 3 unspecified atom stereocenters. The molecule has 0 saturated heterocycles. The number of benzene rings is 4. The second kappa shape index (κ2) is 6.43. The van der Waals surface area contributed by atoms with Gasteiger partial charge in [-0.05, 0) is 28.8 Å². The molecule has 0 radical (unpaired) electrons. The zero-order chi connectivity index (χ0) is 20.0. The van der Waals surface area contributed by atoms with Crippen molar-refractivity contribution >= 4 is 5.90 Å². The number of fused-ring (bicyclic) bond motifs is 1. The first kappa shape index (κ1) is 17.2. The molecule has 1 fully saturated rings. The first-order valence-corrected chi connectivity index (χ1v) is 10.4. The van der Waals surface area contributed by atoms with Gasteiger partial charge in [-0.1, -0.05) is 109 Å². The van der Waals surface area contributed by atoms with Crippen LogP contribution in [0.1, 0.15) is 28.2 Å². The van der Waals surface area contributed by atoms with E-state index >= 15 is 0 Å². The van der Waals surface area contributed by atoms with Gasteiger partial charge in [-0.25, -0.2) is 4.99 Å². The fraction of sp³-hybridized carbons (Fsp3) is 0.107. The quantitative estimate of drug-likeness (QED) is 0.418. The average molecular weight is 387 g/mol. The van der Waals surface area contributed by atoms with Gasteiger partial charge in [0.05, 0.1) is 5.92 Å². The highest BCUT2D eigenvalue weighted by atomic mass is 16.5. The SMILES string of the molecule is c1ccc(C2=NC3(c4ccccc4)C(c4ccccc4)C3(c3ccccc3)O2)cc1. The lowest BCUT2D eigenvalue weighted by molar-refractivity contribution is 0.158. The van der Waals surface area contributed by atoms with Crippen molar-refractivity contribution in [1.29, 1.82) is 0 Å². The van der Waals surface area contributed by atoms with Crippen LogP contribution in [0.3, 0.4) is 0 Å². The monoisotopic (exact) mass is 387 g/mol. The second-order valence-corrected chi connectivity index (χ2v) is 7.96. The predicted molar refractivity (Wildman–Crippen MR) is 119 cm³/mol. The summed E-state index contributed by atoms with van der Waals surface area (Å²) in [6, 6.07) is 42.0. The van der Waals surface area contributed by atoms with Crippen LogP contribution in [0.5, 0.6) is 0 Å². The van der Waals surface area contributed by atoms with Gasteiger partial charge in [0.15, 0.2) is 5.60 Å². The Kier molecular flexibility index (Phi) is 3.69. The summed E-state index contributed by atoms with van der Waals surface area (Å²) in [6.45, 7) is 0. The number of nitrogens with zero attached hydrogens (tertiary/aromatic N) is 1. The van der Waals surface area contributed by atoms with Crippen molar-refractivity contribution in [3.8, 4) is 0 Å². The molecule has 2 heteroatoms. The van der Waals surface area contributed by atoms with Crippen molar-refractivity contribution < 1.29 is 4.74 Å². The van der Waals surface area contributed by atoms with Gasteiger partial charge < -0.3 is 4.74 Å². The van der Waals surface area contributed by atoms with Crippen molar-refractivity contribution in [2.45, 2.75) is 17.1 Å². The Hall–Kier alpha value is -3.65. The second-order valence-electron chi connectivity index (χ2n) is 7.96. The van der Waals surface area contributed by atoms with Crippen LogP contribution in [-0.4, -0.2) is 5.90 Å². The molecule has 0 spiro atoms. The first-order valence-electron chi connectivity index (χ1n) is 10.4. The van der Waals surface area contributed by atoms with E-state index in [1.54, 1.807) is 0 Å². The van der Waals surface area contributed by atoms with Crippen LogP contribution >= 0.6 is 0 Å². The Morgan fingerprint density at radius 1 is 0.567 bits per heavy atom. The number of ether oxygens (including phenoxy) is 1. The molecule has 144 valence electrons. The van der Waals surface area contributed by atoms with Crippen LogP contribution in [0.15, 0.2) is 126 Å². The van der Waals surface area contributed by atoms with Gasteiger partial charge in [-0.15, -0.1) is 0 Å². The molecule has 0 N–H and O–H groups in total. The lowest BCUT2D eigenvalue weighted by atomic mass is 9.96. The normalized spacial score (nSPS) is 26.4. The summed E-state index contributed by atoms with van der Waals surface area (Å²) in [5.74, 6) is 0.832. The van der Waals surface area contributed by atoms with E-state index in [0.717, 1.165) is 17.0 Å². The molecular formula is C28H21NO. The fourth-order valence-electron chi connectivity index (χ4n) is 5.15. The summed E-state index contributed by atoms with van der Waals surface area (Å²) < 4.78 is 6.87. The van der Waals surface area contributed by atoms with Crippen LogP contribution in [0, 0.1) is 0 Å². The molecule has 1 heterocycles. The highest BCUT2D eigenvalue weighted by molar-refractivity contribution is 5.98. The van der Waals surface area contributed by atoms with E-state index in [2.05, 4.69) is 103 Å². The smallest absolute Gasteiger partial charge is 0.218 e. The maximum Gasteiger partial charge on any atom is 0.218 e. The molecule has 1 saturated carbocycles. The van der Waals surface area contributed by atoms with Crippen molar-refractivity contribution in [1.82, 2.24) is 0 Å². The summed E-state index contributed by atoms with van der Waals surface area (Å²) in [5.41, 5.74) is 3.58. The van der Waals surface area contributed by atoms with Crippen LogP contribution in [0.2, 0.25) is 0 Å². The van der Waals surface area contributed by atoms with Gasteiger partial charge in [-0.3, -0.25) is 0 Å². The molecule has 6 rings (SSSR count). The first-order chi connectivity index (χ1) is 14.9. The van der Waals surface area contributed by atoms with Crippen molar-refractivity contribution in [2.24, 2.45) is 4.99 Å². The minimum Gasteiger partial charge on any atom is -0.462 e. The highest BCUT2D eigenvalue weighted by Gasteiger charge is 2.84. The van der Waals surface area contributed by atoms with Gasteiger partial charge >= 0.3 is 0 Å². The lowest BCUT2D eigenvalue weighted by Gasteiger charge is -2.19. The van der Waals surface area contributed by atoms with Gasteiger partial charge in [0.1, 0.15) is 5.54 Å². The maximum atomic E-state index is 6.87. The maximum absolute atomic E-state index is 6.87. The summed E-state index contributed by atoms with van der Waals surface area (Å²) in [4.78, 5) is 5.34. The van der Waals surface area contributed by atoms with Crippen LogP contribution in [0.4, 0.5) is 0 Å². The molecule has 30 heavy (non-hydrogen) atoms. The van der Waals surface area contributed by atoms with Crippen LogP contribution in [-0.2, 0) is 15.9 Å². The third-order valence-corrected chi connectivity index (χ3v) is 6.41. The summed E-state index contributed by atoms with van der Waals surface area (Å²) in [6.07, 6.45) is 0. The standard InChI is InChI=1S/C28H21NO/c1-5-13-21(14-6-1)25-27(23-17-9-3-10-18-23)28(25,24-19-11-4-12-20-24)30-26(29-27)22-15-7-2-8-16-22/h1-20,25H. The Morgan fingerprint density at radius 3 is 1.67 bits per heavy atom. The molecule has 1 aliphatic heterocycles. The largest absolute Gasteiger partial charge is 0.462 e. The van der Waals surface area contributed by atoms with Gasteiger partial charge in [0.25, 0.3) is 0 Å². The van der Waals surface area contributed by atoms with Gasteiger partial charge in [0, 0.05) is 5.56 Å². The molecule has 3 atom stereocenters. The summed E-state index contributed by atoms with van der Waals surface area (Å²) in [7, 11) is 0. The average Bonchev–Trinajstić information content (AvgIpc) is 3.26. The van der Waals surface area contributed by atoms with Gasteiger partial charge in [-0.2, -0.15) is 0 Å². The zero-order valence-corrected chi connectivity index (χ0v) is 16.5. The fourth-order valence-corrected chi connectivity index (χ4v) is 5.15. The van der Waals surface area contributed by atoms with E-state index in [1.165, 1.54) is 11.1 Å². The lowest BCUT2D eigenvalue weighted by Crippen LogP contribution is -2.20. The number of hydrogen-bond donors (Lipinski definition) is 0. The number of hydrogen-bond acceptors (Lipinski definition) is 2. The highest BCUT2D eigenvalue weighted by Crippen LogP contribution is 2.78. The van der Waals surface area contributed by atoms with E-state index < -0.39 is 11.1 Å². The van der Waals surface area contributed by atoms with E-state index in [-0.39, 0.29) is 5.92 Å². The van der Waals surface area contributed by atoms with E-state index in [1.807, 2.05) is 18.2 Å². The molecular weight excluding hydrogens is 366 g/mol. The van der Waals surface area contributed by atoms with E-state index in [0.29, 0.717) is 0 Å². The molecule has 0 aromatic heterocycles. The van der Waals surface area contributed by atoms with Crippen molar-refractivity contribution in [3.05, 3.63) is 144 Å². The molecule has 2 nitrogen and oxygen atoms in total. The Labute approximate surface area is 176 Å². The third-order valence-electron chi connectivity index (χ3n) is 6.41. The van der Waals surface area contributed by atoms with Crippen molar-refractivity contribution in [3.63, 3.8) is 0 Å². The number of rotatable bonds is 4. The Balaban J connectivity index is 1.62. The minimum atomic E-state index is -0.553. The molecule has 4 aromatic carbocycles. The third kappa shape index (κ3) is 2.22. The number of aliphatic imine (C=N–C) groups is 1. The zero-order valence-electron chi connectivity index (χ0n) is 16.5. The molecule has 4 aromatic rings. The summed E-state index contributed by atoms with van der Waals surface area (Å²) in [5, 5.41) is 0. The van der Waals surface area contributed by atoms with Crippen molar-refractivity contribution in [2.75, 3.05) is 0 Å².